The van der Waals surface area contributed by atoms with Gasteiger partial charge in [-0.05, 0) is 67.0 Å². The van der Waals surface area contributed by atoms with Crippen LogP contribution in [0, 0.1) is 23.6 Å². The Kier molecular flexibility index (Phi) is 5.58. The van der Waals surface area contributed by atoms with Crippen LogP contribution in [-0.4, -0.2) is 50.9 Å². The van der Waals surface area contributed by atoms with Crippen LogP contribution in [0.25, 0.3) is 0 Å². The standard InChI is InChI=1S/C25H25FN4O6S2/c1-37(33,34)28-17-7-8-18-19(11-17)38(35,36)29-24(27-18)21-23(31)20-14-5-6-15(10-14)22(20)30(25(21)32)12-13-3-2-4-16(26)9-13/h2-4,7-9,11,14-15,20,22,28,31H,5-6,10,12H2,1H3,(H,27,29)/t14-,15+,20+,22-/m0/s1. The summed E-state index contributed by atoms with van der Waals surface area (Å²) in [4.78, 5) is 15.2. The second-order valence-corrected chi connectivity index (χ2v) is 13.6. The molecule has 2 aliphatic heterocycles. The Bertz CT molecular complexity index is 1650. The number of carbonyl (C=O) groups is 1. The van der Waals surface area contributed by atoms with Crippen molar-refractivity contribution in [2.24, 2.45) is 22.2 Å². The molecule has 3 N–H and O–H groups in total. The van der Waals surface area contributed by atoms with E-state index in [1.807, 2.05) is 0 Å². The molecule has 0 radical (unpaired) electrons. The number of anilines is 2. The SMILES string of the molecule is CS(=O)(=O)Nc1ccc2c(c1)S(=O)(=O)N=C(C1=C(O)[C@@H]3[C@H]4CC[C@H](C4)[C@@H]3N(Cc3cccc(F)c3)C1=O)N2. The maximum atomic E-state index is 13.9. The van der Waals surface area contributed by atoms with Crippen molar-refractivity contribution in [3.8, 4) is 0 Å². The van der Waals surface area contributed by atoms with E-state index in [-0.39, 0.29) is 63.8 Å². The third-order valence-electron chi connectivity index (χ3n) is 7.79. The van der Waals surface area contributed by atoms with Crippen molar-refractivity contribution in [1.82, 2.24) is 4.90 Å². The largest absolute Gasteiger partial charge is 0.511 e. The Morgan fingerprint density at radius 2 is 1.95 bits per heavy atom. The second-order valence-electron chi connectivity index (χ2n) is 10.3. The van der Waals surface area contributed by atoms with Crippen molar-refractivity contribution < 1.29 is 31.1 Å². The van der Waals surface area contributed by atoms with E-state index in [4.69, 9.17) is 0 Å². The van der Waals surface area contributed by atoms with Crippen molar-refractivity contribution in [2.75, 3.05) is 16.3 Å². The van der Waals surface area contributed by atoms with E-state index < -0.39 is 31.8 Å². The summed E-state index contributed by atoms with van der Waals surface area (Å²) < 4.78 is 69.4. The Hall–Kier alpha value is -3.45. The summed E-state index contributed by atoms with van der Waals surface area (Å²) in [6.07, 6.45) is 3.60. The van der Waals surface area contributed by atoms with Crippen LogP contribution < -0.4 is 10.0 Å². The summed E-state index contributed by atoms with van der Waals surface area (Å²) in [6.45, 7) is 0.106. The van der Waals surface area contributed by atoms with Crippen LogP contribution in [0.4, 0.5) is 15.8 Å². The predicted octanol–water partition coefficient (Wildman–Crippen LogP) is 2.98. The Balaban J connectivity index is 1.41. The molecule has 2 aromatic rings. The van der Waals surface area contributed by atoms with Gasteiger partial charge in [0.15, 0.2) is 5.84 Å². The highest BCUT2D eigenvalue weighted by Crippen LogP contribution is 2.55. The van der Waals surface area contributed by atoms with Crippen molar-refractivity contribution in [2.45, 2.75) is 36.7 Å². The number of benzene rings is 2. The number of amides is 1. The van der Waals surface area contributed by atoms with Gasteiger partial charge in [-0.1, -0.05) is 12.1 Å². The van der Waals surface area contributed by atoms with E-state index in [1.54, 1.807) is 17.0 Å². The molecule has 0 aromatic heterocycles. The molecule has 0 unspecified atom stereocenters. The van der Waals surface area contributed by atoms with Crippen LogP contribution in [0.1, 0.15) is 24.8 Å². The molecule has 2 bridgehead atoms. The Morgan fingerprint density at radius 3 is 2.68 bits per heavy atom. The number of amidine groups is 1. The van der Waals surface area contributed by atoms with E-state index in [0.717, 1.165) is 31.6 Å². The fraction of sp³-hybridized carbons (Fsp3) is 0.360. The molecule has 6 rings (SSSR count). The minimum absolute atomic E-state index is 0.0390. The molecule has 13 heteroatoms. The average molecular weight is 561 g/mol. The normalized spacial score (nSPS) is 27.5. The number of fused-ring (bicyclic) bond motifs is 6. The number of carbonyl (C=O) groups excluding carboxylic acids is 1. The molecule has 4 atom stereocenters. The highest BCUT2D eigenvalue weighted by atomic mass is 32.2. The van der Waals surface area contributed by atoms with Crippen LogP contribution in [0.15, 0.2) is 63.1 Å². The first kappa shape index (κ1) is 24.9. The fourth-order valence-corrected chi connectivity index (χ4v) is 8.13. The monoisotopic (exact) mass is 560 g/mol. The minimum atomic E-state index is -4.35. The van der Waals surface area contributed by atoms with Crippen molar-refractivity contribution >= 4 is 43.2 Å². The van der Waals surface area contributed by atoms with Crippen LogP contribution in [0.5, 0.6) is 0 Å². The molecule has 10 nitrogen and oxygen atoms in total. The lowest BCUT2D eigenvalue weighted by Gasteiger charge is -2.44. The van der Waals surface area contributed by atoms with E-state index in [2.05, 4.69) is 14.4 Å². The smallest absolute Gasteiger partial charge is 0.286 e. The number of halogens is 1. The third kappa shape index (κ3) is 4.13. The summed E-state index contributed by atoms with van der Waals surface area (Å²) in [5.74, 6) is -1.53. The Labute approximate surface area is 219 Å². The number of nitrogens with zero attached hydrogens (tertiary/aromatic N) is 2. The number of rotatable bonds is 5. The molecule has 2 saturated carbocycles. The molecule has 0 saturated heterocycles. The summed E-state index contributed by atoms with van der Waals surface area (Å²) in [6, 6.07) is 9.56. The highest BCUT2D eigenvalue weighted by Gasteiger charge is 2.57. The number of hydrogen-bond donors (Lipinski definition) is 3. The molecule has 200 valence electrons. The number of nitrogens with one attached hydrogen (secondary N) is 2. The zero-order valence-electron chi connectivity index (χ0n) is 20.3. The number of aliphatic hydroxyl groups excluding tert-OH is 1. The summed E-state index contributed by atoms with van der Waals surface area (Å²) in [5.41, 5.74) is 0.497. The van der Waals surface area contributed by atoms with Crippen molar-refractivity contribution in [3.05, 3.63) is 65.2 Å². The van der Waals surface area contributed by atoms with Gasteiger partial charge in [0, 0.05) is 24.2 Å². The average Bonchev–Trinajstić information content (AvgIpc) is 3.43. The molecule has 2 heterocycles. The number of hydrogen-bond acceptors (Lipinski definition) is 7. The van der Waals surface area contributed by atoms with Gasteiger partial charge in [0.05, 0.1) is 11.9 Å². The maximum Gasteiger partial charge on any atom is 0.286 e. The van der Waals surface area contributed by atoms with Crippen molar-refractivity contribution in [3.63, 3.8) is 0 Å². The summed E-state index contributed by atoms with van der Waals surface area (Å²) in [5, 5.41) is 14.2. The second kappa shape index (κ2) is 8.53. The molecule has 2 aromatic carbocycles. The molecule has 38 heavy (non-hydrogen) atoms. The molecule has 0 spiro atoms. The maximum absolute atomic E-state index is 13.9. The van der Waals surface area contributed by atoms with Crippen LogP contribution in [0.3, 0.4) is 0 Å². The summed E-state index contributed by atoms with van der Waals surface area (Å²) in [7, 11) is -8.00. The zero-order valence-corrected chi connectivity index (χ0v) is 21.9. The van der Waals surface area contributed by atoms with Gasteiger partial charge in [-0.25, -0.2) is 12.8 Å². The highest BCUT2D eigenvalue weighted by molar-refractivity contribution is 7.92. The molecule has 1 amide bonds. The van der Waals surface area contributed by atoms with Crippen LogP contribution in [-0.2, 0) is 31.4 Å². The van der Waals surface area contributed by atoms with Crippen molar-refractivity contribution in [1.29, 1.82) is 0 Å². The van der Waals surface area contributed by atoms with Gasteiger partial charge < -0.3 is 15.3 Å². The first-order valence-corrected chi connectivity index (χ1v) is 15.5. The van der Waals surface area contributed by atoms with Crippen LogP contribution >= 0.6 is 0 Å². The van der Waals surface area contributed by atoms with Gasteiger partial charge in [-0.2, -0.15) is 8.42 Å². The number of sulfonamides is 2. The molecular formula is C25H25FN4O6S2. The van der Waals surface area contributed by atoms with E-state index in [1.165, 1.54) is 24.3 Å². The lowest BCUT2D eigenvalue weighted by atomic mass is 9.77. The van der Waals surface area contributed by atoms with Gasteiger partial charge in [0.2, 0.25) is 10.0 Å². The Morgan fingerprint density at radius 1 is 1.18 bits per heavy atom. The molecule has 4 aliphatic rings. The first-order chi connectivity index (χ1) is 17.9. The lowest BCUT2D eigenvalue weighted by molar-refractivity contribution is -0.134. The predicted molar refractivity (Wildman–Crippen MR) is 138 cm³/mol. The molecular weight excluding hydrogens is 535 g/mol. The zero-order chi connectivity index (χ0) is 27.0. The van der Waals surface area contributed by atoms with Gasteiger partial charge >= 0.3 is 0 Å². The fourth-order valence-electron chi connectivity index (χ4n) is 6.43. The van der Waals surface area contributed by atoms with Gasteiger partial charge in [0.25, 0.3) is 15.9 Å². The summed E-state index contributed by atoms with van der Waals surface area (Å²) >= 11 is 0. The van der Waals surface area contributed by atoms with Gasteiger partial charge in [0.1, 0.15) is 22.0 Å². The minimum Gasteiger partial charge on any atom is -0.511 e. The van der Waals surface area contributed by atoms with E-state index >= 15 is 0 Å². The topological polar surface area (TPSA) is 145 Å². The number of aliphatic hydroxyl groups is 1. The quantitative estimate of drug-likeness (QED) is 0.510. The molecule has 2 fully saturated rings. The van der Waals surface area contributed by atoms with E-state index in [0.29, 0.717) is 5.56 Å². The van der Waals surface area contributed by atoms with Gasteiger partial charge in [-0.3, -0.25) is 9.52 Å². The van der Waals surface area contributed by atoms with Gasteiger partial charge in [-0.15, -0.1) is 4.40 Å². The molecule has 2 aliphatic carbocycles. The third-order valence-corrected chi connectivity index (χ3v) is 9.71. The van der Waals surface area contributed by atoms with E-state index in [9.17, 15) is 31.1 Å². The lowest BCUT2D eigenvalue weighted by Crippen LogP contribution is -2.53. The van der Waals surface area contributed by atoms with Crippen LogP contribution in [0.2, 0.25) is 0 Å². The first-order valence-electron chi connectivity index (χ1n) is 12.1.